The molecule has 5 heteroatoms. The van der Waals surface area contributed by atoms with Gasteiger partial charge in [-0.15, -0.1) is 0 Å². The van der Waals surface area contributed by atoms with Crippen LogP contribution in [-0.4, -0.2) is 20.4 Å². The maximum atomic E-state index is 12.7. The lowest BCUT2D eigenvalue weighted by molar-refractivity contribution is 0.0940. The molecule has 0 radical (unpaired) electrons. The number of fused-ring (bicyclic) bond motifs is 1. The van der Waals surface area contributed by atoms with Crippen molar-refractivity contribution >= 4 is 16.9 Å². The van der Waals surface area contributed by atoms with Crippen molar-refractivity contribution in [1.29, 1.82) is 0 Å². The van der Waals surface area contributed by atoms with E-state index in [0.717, 1.165) is 28.1 Å². The molecule has 1 N–H and O–H groups in total. The second-order valence-corrected chi connectivity index (χ2v) is 6.51. The molecule has 27 heavy (non-hydrogen) atoms. The number of carbonyl (C=O) groups excluding carboxylic acids is 1. The average Bonchev–Trinajstić information content (AvgIpc) is 3.04. The van der Waals surface area contributed by atoms with Gasteiger partial charge in [0, 0.05) is 23.6 Å². The van der Waals surface area contributed by atoms with Gasteiger partial charge in [0.05, 0.1) is 17.1 Å². The monoisotopic (exact) mass is 356 g/mol. The molecule has 134 valence electrons. The van der Waals surface area contributed by atoms with Gasteiger partial charge in [0.2, 0.25) is 0 Å². The number of rotatable bonds is 4. The number of pyridine rings is 1. The van der Waals surface area contributed by atoms with Crippen LogP contribution in [0.3, 0.4) is 0 Å². The number of imidazole rings is 1. The summed E-state index contributed by atoms with van der Waals surface area (Å²) < 4.78 is 2.09. The van der Waals surface area contributed by atoms with Crippen LogP contribution in [0.2, 0.25) is 0 Å². The summed E-state index contributed by atoms with van der Waals surface area (Å²) in [5.74, 6) is 0.762. The first-order valence-corrected chi connectivity index (χ1v) is 8.89. The van der Waals surface area contributed by atoms with Crippen molar-refractivity contribution in [3.63, 3.8) is 0 Å². The third kappa shape index (κ3) is 3.31. The molecule has 0 spiro atoms. The molecule has 5 nitrogen and oxygen atoms in total. The number of aromatic nitrogens is 3. The maximum absolute atomic E-state index is 12.7. The number of hydrogen-bond donors (Lipinski definition) is 1. The van der Waals surface area contributed by atoms with E-state index in [1.54, 1.807) is 12.4 Å². The zero-order valence-electron chi connectivity index (χ0n) is 15.3. The van der Waals surface area contributed by atoms with Gasteiger partial charge in [-0.25, -0.2) is 4.98 Å². The maximum Gasteiger partial charge on any atom is 0.251 e. The fraction of sp³-hybridized carbons (Fsp3) is 0.136. The topological polar surface area (TPSA) is 59.8 Å². The van der Waals surface area contributed by atoms with E-state index in [1.165, 1.54) is 0 Å². The van der Waals surface area contributed by atoms with E-state index < -0.39 is 0 Å². The third-order valence-corrected chi connectivity index (χ3v) is 4.63. The fourth-order valence-corrected chi connectivity index (χ4v) is 3.24. The molecule has 0 aliphatic rings. The quantitative estimate of drug-likeness (QED) is 0.595. The number of aryl methyl sites for hydroxylation is 1. The lowest BCUT2D eigenvalue weighted by atomic mass is 10.1. The Morgan fingerprint density at radius 3 is 2.63 bits per heavy atom. The van der Waals surface area contributed by atoms with Crippen LogP contribution in [0.4, 0.5) is 0 Å². The summed E-state index contributed by atoms with van der Waals surface area (Å²) in [6, 6.07) is 19.4. The molecular formula is C22H20N4O. The standard InChI is InChI=1S/C22H20N4O/c1-15(18-7-6-12-23-14-18)24-22(27)17-10-11-21-20(13-17)25-16(2)26(21)19-8-4-3-5-9-19/h3-15H,1-2H3,(H,24,27). The Hall–Kier alpha value is -3.47. The van der Waals surface area contributed by atoms with E-state index in [9.17, 15) is 4.79 Å². The summed E-state index contributed by atoms with van der Waals surface area (Å²) >= 11 is 0. The number of nitrogens with one attached hydrogen (secondary N) is 1. The Kier molecular flexibility index (Phi) is 4.42. The first-order valence-electron chi connectivity index (χ1n) is 8.89. The van der Waals surface area contributed by atoms with Crippen LogP contribution in [0, 0.1) is 6.92 Å². The van der Waals surface area contributed by atoms with Gasteiger partial charge in [-0.05, 0) is 55.8 Å². The first-order chi connectivity index (χ1) is 13.1. The molecule has 0 fully saturated rings. The zero-order valence-corrected chi connectivity index (χ0v) is 15.3. The molecule has 0 aliphatic heterocycles. The molecular weight excluding hydrogens is 336 g/mol. The Bertz CT molecular complexity index is 1090. The molecule has 2 aromatic carbocycles. The summed E-state index contributed by atoms with van der Waals surface area (Å²) in [5, 5.41) is 3.02. The second-order valence-electron chi connectivity index (χ2n) is 6.51. The Morgan fingerprint density at radius 2 is 1.89 bits per heavy atom. The smallest absolute Gasteiger partial charge is 0.251 e. The van der Waals surface area contributed by atoms with Crippen molar-refractivity contribution in [3.8, 4) is 5.69 Å². The van der Waals surface area contributed by atoms with E-state index >= 15 is 0 Å². The lowest BCUT2D eigenvalue weighted by Crippen LogP contribution is -2.26. The van der Waals surface area contributed by atoms with Crippen LogP contribution in [0.25, 0.3) is 16.7 Å². The zero-order chi connectivity index (χ0) is 18.8. The largest absolute Gasteiger partial charge is 0.345 e. The Labute approximate surface area is 157 Å². The van der Waals surface area contributed by atoms with Crippen LogP contribution in [0.5, 0.6) is 0 Å². The highest BCUT2D eigenvalue weighted by molar-refractivity contribution is 5.97. The minimum Gasteiger partial charge on any atom is -0.345 e. The highest BCUT2D eigenvalue weighted by atomic mass is 16.1. The van der Waals surface area contributed by atoms with Crippen molar-refractivity contribution in [3.05, 3.63) is 90.0 Å². The molecule has 1 atom stereocenters. The van der Waals surface area contributed by atoms with Gasteiger partial charge in [0.25, 0.3) is 5.91 Å². The molecule has 1 unspecified atom stereocenters. The van der Waals surface area contributed by atoms with E-state index in [4.69, 9.17) is 0 Å². The first kappa shape index (κ1) is 17.0. The SMILES string of the molecule is Cc1nc2cc(C(=O)NC(C)c3cccnc3)ccc2n1-c1ccccc1. The normalized spacial score (nSPS) is 12.1. The fourth-order valence-electron chi connectivity index (χ4n) is 3.24. The van der Waals surface area contributed by atoms with Crippen LogP contribution in [0.1, 0.15) is 34.7 Å². The number of amides is 1. The summed E-state index contributed by atoms with van der Waals surface area (Å²) in [4.78, 5) is 21.4. The number of nitrogens with zero attached hydrogens (tertiary/aromatic N) is 3. The van der Waals surface area contributed by atoms with Gasteiger partial charge in [-0.3, -0.25) is 14.3 Å². The molecule has 4 rings (SSSR count). The molecule has 2 aromatic heterocycles. The van der Waals surface area contributed by atoms with Crippen LogP contribution >= 0.6 is 0 Å². The van der Waals surface area contributed by atoms with Gasteiger partial charge in [-0.2, -0.15) is 0 Å². The van der Waals surface area contributed by atoms with Gasteiger partial charge < -0.3 is 5.32 Å². The highest BCUT2D eigenvalue weighted by Gasteiger charge is 2.15. The highest BCUT2D eigenvalue weighted by Crippen LogP contribution is 2.22. The number of para-hydroxylation sites is 1. The van der Waals surface area contributed by atoms with Crippen molar-refractivity contribution in [2.24, 2.45) is 0 Å². The summed E-state index contributed by atoms with van der Waals surface area (Å²) in [5.41, 5.74) is 4.40. The molecule has 2 heterocycles. The summed E-state index contributed by atoms with van der Waals surface area (Å²) in [6.45, 7) is 3.92. The summed E-state index contributed by atoms with van der Waals surface area (Å²) in [6.07, 6.45) is 3.48. The van der Waals surface area contributed by atoms with Gasteiger partial charge >= 0.3 is 0 Å². The summed E-state index contributed by atoms with van der Waals surface area (Å²) in [7, 11) is 0. The Morgan fingerprint density at radius 1 is 1.07 bits per heavy atom. The van der Waals surface area contributed by atoms with Crippen LogP contribution in [0.15, 0.2) is 73.1 Å². The van der Waals surface area contributed by atoms with Crippen molar-refractivity contribution in [1.82, 2.24) is 19.9 Å². The average molecular weight is 356 g/mol. The van der Waals surface area contributed by atoms with E-state index in [2.05, 4.69) is 19.9 Å². The van der Waals surface area contributed by atoms with E-state index in [-0.39, 0.29) is 11.9 Å². The van der Waals surface area contributed by atoms with Crippen LogP contribution < -0.4 is 5.32 Å². The third-order valence-electron chi connectivity index (χ3n) is 4.63. The van der Waals surface area contributed by atoms with Crippen molar-refractivity contribution in [2.45, 2.75) is 19.9 Å². The minimum absolute atomic E-state index is 0.120. The van der Waals surface area contributed by atoms with E-state index in [1.807, 2.05) is 74.5 Å². The van der Waals surface area contributed by atoms with Crippen molar-refractivity contribution in [2.75, 3.05) is 0 Å². The lowest BCUT2D eigenvalue weighted by Gasteiger charge is -2.14. The van der Waals surface area contributed by atoms with E-state index in [0.29, 0.717) is 5.56 Å². The molecule has 0 bridgehead atoms. The molecule has 0 aliphatic carbocycles. The second kappa shape index (κ2) is 7.03. The number of carbonyl (C=O) groups is 1. The molecule has 1 amide bonds. The van der Waals surface area contributed by atoms with Crippen LogP contribution in [-0.2, 0) is 0 Å². The van der Waals surface area contributed by atoms with Gasteiger partial charge in [0.1, 0.15) is 5.82 Å². The number of hydrogen-bond acceptors (Lipinski definition) is 3. The minimum atomic E-state index is -0.125. The predicted molar refractivity (Wildman–Crippen MR) is 106 cm³/mol. The predicted octanol–water partition coefficient (Wildman–Crippen LogP) is 4.22. The number of benzene rings is 2. The molecule has 4 aromatic rings. The van der Waals surface area contributed by atoms with Crippen molar-refractivity contribution < 1.29 is 4.79 Å². The molecule has 0 saturated heterocycles. The molecule has 0 saturated carbocycles. The van der Waals surface area contributed by atoms with Gasteiger partial charge in [-0.1, -0.05) is 24.3 Å². The Balaban J connectivity index is 1.63. The van der Waals surface area contributed by atoms with Gasteiger partial charge in [0.15, 0.2) is 0 Å².